The first kappa shape index (κ1) is 13.3. The SMILES string of the molecule is CCCc1c(N)nnn1Cc1csc(-c2ccsc2)n1. The number of nitrogens with two attached hydrogens (primary N) is 1. The summed E-state index contributed by atoms with van der Waals surface area (Å²) in [5.41, 5.74) is 9.03. The molecule has 7 heteroatoms. The summed E-state index contributed by atoms with van der Waals surface area (Å²) in [7, 11) is 0. The van der Waals surface area contributed by atoms with E-state index in [1.807, 2.05) is 4.68 Å². The molecule has 3 heterocycles. The summed E-state index contributed by atoms with van der Waals surface area (Å²) in [6.45, 7) is 2.74. The molecule has 3 aromatic heterocycles. The van der Waals surface area contributed by atoms with Crippen LogP contribution in [0.4, 0.5) is 5.82 Å². The smallest absolute Gasteiger partial charge is 0.169 e. The largest absolute Gasteiger partial charge is 0.381 e. The Morgan fingerprint density at radius 1 is 1.35 bits per heavy atom. The van der Waals surface area contributed by atoms with Gasteiger partial charge in [0.15, 0.2) is 5.82 Å². The molecule has 0 amide bonds. The zero-order chi connectivity index (χ0) is 13.9. The van der Waals surface area contributed by atoms with Crippen molar-refractivity contribution in [2.45, 2.75) is 26.3 Å². The van der Waals surface area contributed by atoms with Gasteiger partial charge in [0.25, 0.3) is 0 Å². The van der Waals surface area contributed by atoms with E-state index in [4.69, 9.17) is 5.73 Å². The van der Waals surface area contributed by atoms with Crippen LogP contribution < -0.4 is 5.73 Å². The van der Waals surface area contributed by atoms with Crippen LogP contribution in [0.2, 0.25) is 0 Å². The summed E-state index contributed by atoms with van der Waals surface area (Å²) >= 11 is 3.34. The zero-order valence-electron chi connectivity index (χ0n) is 11.1. The summed E-state index contributed by atoms with van der Waals surface area (Å²) in [4.78, 5) is 4.65. The second-order valence-corrected chi connectivity index (χ2v) is 6.12. The van der Waals surface area contributed by atoms with Gasteiger partial charge in [-0.25, -0.2) is 9.67 Å². The molecule has 0 atom stereocenters. The van der Waals surface area contributed by atoms with Crippen LogP contribution in [-0.2, 0) is 13.0 Å². The predicted octanol–water partition coefficient (Wildman–Crippen LogP) is 3.05. The standard InChI is InChI=1S/C13H15N5S2/c1-2-3-11-12(14)16-17-18(11)6-10-8-20-13(15-10)9-4-5-19-7-9/h4-5,7-8H,2-3,6,14H2,1H3. The molecule has 0 aliphatic carbocycles. The number of aromatic nitrogens is 4. The Morgan fingerprint density at radius 3 is 3.00 bits per heavy atom. The molecule has 0 saturated heterocycles. The van der Waals surface area contributed by atoms with Crippen LogP contribution in [0.1, 0.15) is 24.7 Å². The molecule has 0 saturated carbocycles. The van der Waals surface area contributed by atoms with Crippen molar-refractivity contribution in [2.24, 2.45) is 0 Å². The summed E-state index contributed by atoms with van der Waals surface area (Å²) in [5, 5.41) is 15.4. The third-order valence-electron chi connectivity index (χ3n) is 2.99. The Labute approximate surface area is 125 Å². The summed E-state index contributed by atoms with van der Waals surface area (Å²) in [5.74, 6) is 0.528. The van der Waals surface area contributed by atoms with Gasteiger partial charge in [0.05, 0.1) is 17.9 Å². The van der Waals surface area contributed by atoms with E-state index in [0.29, 0.717) is 12.4 Å². The lowest BCUT2D eigenvalue weighted by molar-refractivity contribution is 0.606. The average Bonchev–Trinajstić information content (AvgIpc) is 3.15. The zero-order valence-corrected chi connectivity index (χ0v) is 12.7. The Balaban J connectivity index is 1.82. The maximum absolute atomic E-state index is 5.85. The maximum Gasteiger partial charge on any atom is 0.169 e. The molecule has 3 aromatic rings. The number of thiophene rings is 1. The van der Waals surface area contributed by atoms with Crippen molar-refractivity contribution in [3.05, 3.63) is 33.6 Å². The molecule has 0 aromatic carbocycles. The van der Waals surface area contributed by atoms with Crippen molar-refractivity contribution < 1.29 is 0 Å². The molecule has 0 aliphatic rings. The maximum atomic E-state index is 5.85. The first-order valence-electron chi connectivity index (χ1n) is 6.42. The molecule has 0 radical (unpaired) electrons. The van der Waals surface area contributed by atoms with Gasteiger partial charge in [-0.2, -0.15) is 11.3 Å². The Hall–Kier alpha value is -1.73. The number of thiazole rings is 1. The minimum Gasteiger partial charge on any atom is -0.381 e. The average molecular weight is 305 g/mol. The second-order valence-electron chi connectivity index (χ2n) is 4.49. The lowest BCUT2D eigenvalue weighted by atomic mass is 10.2. The number of nitrogens with zero attached hydrogens (tertiary/aromatic N) is 4. The molecule has 0 bridgehead atoms. The van der Waals surface area contributed by atoms with E-state index in [-0.39, 0.29) is 0 Å². The molecule has 0 aliphatic heterocycles. The van der Waals surface area contributed by atoms with Crippen molar-refractivity contribution in [1.82, 2.24) is 20.0 Å². The fourth-order valence-electron chi connectivity index (χ4n) is 2.02. The van der Waals surface area contributed by atoms with Gasteiger partial charge in [0.1, 0.15) is 5.01 Å². The number of anilines is 1. The van der Waals surface area contributed by atoms with Gasteiger partial charge in [0, 0.05) is 16.3 Å². The van der Waals surface area contributed by atoms with E-state index in [0.717, 1.165) is 29.2 Å². The number of rotatable bonds is 5. The molecule has 20 heavy (non-hydrogen) atoms. The van der Waals surface area contributed by atoms with Crippen molar-refractivity contribution in [2.75, 3.05) is 5.73 Å². The fraction of sp³-hybridized carbons (Fsp3) is 0.308. The molecule has 0 spiro atoms. The highest BCUT2D eigenvalue weighted by Crippen LogP contribution is 2.26. The van der Waals surface area contributed by atoms with Gasteiger partial charge >= 0.3 is 0 Å². The van der Waals surface area contributed by atoms with Gasteiger partial charge in [-0.3, -0.25) is 0 Å². The first-order valence-corrected chi connectivity index (χ1v) is 8.25. The van der Waals surface area contributed by atoms with E-state index >= 15 is 0 Å². The molecule has 2 N–H and O–H groups in total. The van der Waals surface area contributed by atoms with Crippen LogP contribution in [0, 0.1) is 0 Å². The highest BCUT2D eigenvalue weighted by molar-refractivity contribution is 7.14. The van der Waals surface area contributed by atoms with Crippen LogP contribution in [0.15, 0.2) is 22.2 Å². The summed E-state index contributed by atoms with van der Waals surface area (Å²) in [6, 6.07) is 2.09. The molecular weight excluding hydrogens is 290 g/mol. The van der Waals surface area contributed by atoms with E-state index in [9.17, 15) is 0 Å². The van der Waals surface area contributed by atoms with Crippen LogP contribution in [0.5, 0.6) is 0 Å². The van der Waals surface area contributed by atoms with Crippen LogP contribution >= 0.6 is 22.7 Å². The van der Waals surface area contributed by atoms with Crippen LogP contribution in [0.25, 0.3) is 10.6 Å². The van der Waals surface area contributed by atoms with Gasteiger partial charge in [-0.05, 0) is 17.9 Å². The summed E-state index contributed by atoms with van der Waals surface area (Å²) in [6.07, 6.45) is 1.91. The normalized spacial score (nSPS) is 11.1. The van der Waals surface area contributed by atoms with Gasteiger partial charge in [0.2, 0.25) is 0 Å². The van der Waals surface area contributed by atoms with E-state index in [2.05, 4.69) is 44.4 Å². The monoisotopic (exact) mass is 305 g/mol. The van der Waals surface area contributed by atoms with Crippen LogP contribution in [0.3, 0.4) is 0 Å². The Bertz CT molecular complexity index is 684. The minimum absolute atomic E-state index is 0.528. The summed E-state index contributed by atoms with van der Waals surface area (Å²) < 4.78 is 1.85. The minimum atomic E-state index is 0.528. The van der Waals surface area contributed by atoms with E-state index in [1.165, 1.54) is 5.56 Å². The van der Waals surface area contributed by atoms with Crippen molar-refractivity contribution in [3.63, 3.8) is 0 Å². The highest BCUT2D eigenvalue weighted by atomic mass is 32.1. The molecular formula is C13H15N5S2. The molecule has 3 rings (SSSR count). The van der Waals surface area contributed by atoms with Gasteiger partial charge < -0.3 is 5.73 Å². The van der Waals surface area contributed by atoms with Crippen molar-refractivity contribution >= 4 is 28.5 Å². The second kappa shape index (κ2) is 5.72. The van der Waals surface area contributed by atoms with E-state index < -0.39 is 0 Å². The Kier molecular flexibility index (Phi) is 3.79. The first-order chi connectivity index (χ1) is 9.78. The third-order valence-corrected chi connectivity index (χ3v) is 4.61. The number of hydrogen-bond donors (Lipinski definition) is 1. The topological polar surface area (TPSA) is 69.6 Å². The van der Waals surface area contributed by atoms with Crippen molar-refractivity contribution in [3.8, 4) is 10.6 Å². The number of hydrogen-bond acceptors (Lipinski definition) is 6. The van der Waals surface area contributed by atoms with E-state index in [1.54, 1.807) is 22.7 Å². The van der Waals surface area contributed by atoms with Gasteiger partial charge in [-0.1, -0.05) is 18.6 Å². The lowest BCUT2D eigenvalue weighted by Crippen LogP contribution is -2.07. The lowest BCUT2D eigenvalue weighted by Gasteiger charge is -2.03. The third kappa shape index (κ3) is 2.59. The number of nitrogen functional groups attached to an aromatic ring is 1. The Morgan fingerprint density at radius 2 is 2.25 bits per heavy atom. The predicted molar refractivity (Wildman–Crippen MR) is 83.0 cm³/mol. The molecule has 104 valence electrons. The molecule has 5 nitrogen and oxygen atoms in total. The van der Waals surface area contributed by atoms with Crippen LogP contribution in [-0.4, -0.2) is 20.0 Å². The quantitative estimate of drug-likeness (QED) is 0.786. The fourth-order valence-corrected chi connectivity index (χ4v) is 3.54. The van der Waals surface area contributed by atoms with Gasteiger partial charge in [-0.15, -0.1) is 16.4 Å². The highest BCUT2D eigenvalue weighted by Gasteiger charge is 2.12. The molecule has 0 fully saturated rings. The van der Waals surface area contributed by atoms with Crippen molar-refractivity contribution in [1.29, 1.82) is 0 Å². The molecule has 0 unspecified atom stereocenters.